The highest BCUT2D eigenvalue weighted by Crippen LogP contribution is 2.30. The quantitative estimate of drug-likeness (QED) is 0.642. The van der Waals surface area contributed by atoms with Crippen LogP contribution in [0, 0.1) is 0 Å². The van der Waals surface area contributed by atoms with E-state index in [-0.39, 0.29) is 17.7 Å². The fourth-order valence-corrected chi connectivity index (χ4v) is 3.78. The maximum Gasteiger partial charge on any atom is 0.344 e. The molecular weight excluding hydrogens is 384 g/mol. The Morgan fingerprint density at radius 2 is 2.21 bits per heavy atom. The average Bonchev–Trinajstić information content (AvgIpc) is 3.33. The molecule has 0 aliphatic carbocycles. The second-order valence-electron chi connectivity index (χ2n) is 6.38. The molecule has 1 amide bonds. The summed E-state index contributed by atoms with van der Waals surface area (Å²) in [7, 11) is 3.08. The van der Waals surface area contributed by atoms with Gasteiger partial charge in [0.15, 0.2) is 16.7 Å². The molecule has 2 atom stereocenters. The average molecular weight is 408 g/mol. The lowest BCUT2D eigenvalue weighted by Gasteiger charge is -2.15. The van der Waals surface area contributed by atoms with E-state index >= 15 is 0 Å². The molecule has 152 valence electrons. The van der Waals surface area contributed by atoms with Gasteiger partial charge >= 0.3 is 5.69 Å². The second kappa shape index (κ2) is 9.16. The molecule has 1 aromatic heterocycles. The van der Waals surface area contributed by atoms with E-state index in [0.717, 1.165) is 12.8 Å². The number of methoxy groups -OCH3 is 2. The van der Waals surface area contributed by atoms with E-state index in [2.05, 4.69) is 15.5 Å². The number of nitrogens with zero attached hydrogens (tertiary/aromatic N) is 2. The van der Waals surface area contributed by atoms with Crippen LogP contribution in [-0.2, 0) is 16.1 Å². The number of nitrogens with one attached hydrogen (secondary N) is 2. The van der Waals surface area contributed by atoms with E-state index in [4.69, 9.17) is 14.2 Å². The Balaban J connectivity index is 1.65. The predicted octanol–water partition coefficient (Wildman–Crippen LogP) is 1.89. The minimum absolute atomic E-state index is 0.00514. The smallest absolute Gasteiger partial charge is 0.344 e. The maximum atomic E-state index is 12.6. The number of thioether (sulfide) groups is 1. The third-order valence-electron chi connectivity index (χ3n) is 4.44. The van der Waals surface area contributed by atoms with Gasteiger partial charge in [-0.1, -0.05) is 11.8 Å². The first-order valence-corrected chi connectivity index (χ1v) is 9.86. The monoisotopic (exact) mass is 408 g/mol. The van der Waals surface area contributed by atoms with E-state index in [0.29, 0.717) is 35.5 Å². The summed E-state index contributed by atoms with van der Waals surface area (Å²) in [5, 5.41) is 9.35. The second-order valence-corrected chi connectivity index (χ2v) is 7.68. The summed E-state index contributed by atoms with van der Waals surface area (Å²) in [6.07, 6.45) is 1.91. The van der Waals surface area contributed by atoms with Crippen LogP contribution in [0.5, 0.6) is 11.5 Å². The minimum Gasteiger partial charge on any atom is -0.493 e. The zero-order valence-electron chi connectivity index (χ0n) is 16.1. The number of carbonyl (C=O) groups excluding carboxylic acids is 1. The van der Waals surface area contributed by atoms with Crippen molar-refractivity contribution in [2.75, 3.05) is 26.1 Å². The third kappa shape index (κ3) is 4.68. The lowest BCUT2D eigenvalue weighted by molar-refractivity contribution is -0.115. The number of amides is 1. The third-order valence-corrected chi connectivity index (χ3v) is 5.53. The molecule has 1 saturated heterocycles. The fourth-order valence-electron chi connectivity index (χ4n) is 2.92. The fraction of sp³-hybridized carbons (Fsp3) is 0.500. The van der Waals surface area contributed by atoms with Crippen LogP contribution in [0.15, 0.2) is 28.2 Å². The molecule has 1 aromatic carbocycles. The standard InChI is InChI=1S/C18H24N4O5S/c1-11(16(23)19-12-6-7-14(25-2)15(9-12)26-3)28-18-21-20-17(24)22(18)10-13-5-4-8-27-13/h6-7,9,11,13H,4-5,8,10H2,1-3H3,(H,19,23)(H,20,24)/t11-,13+/m0/s1. The summed E-state index contributed by atoms with van der Waals surface area (Å²) in [4.78, 5) is 24.6. The molecule has 1 fully saturated rings. The first-order chi connectivity index (χ1) is 13.5. The van der Waals surface area contributed by atoms with Gasteiger partial charge in [-0.3, -0.25) is 9.36 Å². The van der Waals surface area contributed by atoms with Gasteiger partial charge in [-0.15, -0.1) is 5.10 Å². The Bertz CT molecular complexity index is 875. The van der Waals surface area contributed by atoms with Gasteiger partial charge in [0.05, 0.1) is 32.1 Å². The zero-order valence-corrected chi connectivity index (χ0v) is 16.9. The van der Waals surface area contributed by atoms with Gasteiger partial charge in [-0.25, -0.2) is 9.89 Å². The van der Waals surface area contributed by atoms with Crippen molar-refractivity contribution in [3.8, 4) is 11.5 Å². The van der Waals surface area contributed by atoms with Crippen molar-refractivity contribution in [2.24, 2.45) is 0 Å². The van der Waals surface area contributed by atoms with E-state index < -0.39 is 5.25 Å². The molecule has 0 unspecified atom stereocenters. The van der Waals surface area contributed by atoms with Crippen LogP contribution in [-0.4, -0.2) is 52.9 Å². The molecule has 0 saturated carbocycles. The van der Waals surface area contributed by atoms with Crippen LogP contribution in [0.1, 0.15) is 19.8 Å². The molecule has 2 heterocycles. The Morgan fingerprint density at radius 1 is 1.43 bits per heavy atom. The number of aromatic amines is 1. The van der Waals surface area contributed by atoms with E-state index in [1.54, 1.807) is 32.2 Å². The molecule has 3 rings (SSSR count). The van der Waals surface area contributed by atoms with Crippen LogP contribution >= 0.6 is 11.8 Å². The summed E-state index contributed by atoms with van der Waals surface area (Å²) in [6.45, 7) is 2.90. The van der Waals surface area contributed by atoms with Gasteiger partial charge in [0.2, 0.25) is 5.91 Å². The summed E-state index contributed by atoms with van der Waals surface area (Å²) in [5.74, 6) is 0.896. The van der Waals surface area contributed by atoms with Gasteiger partial charge in [0.25, 0.3) is 0 Å². The van der Waals surface area contributed by atoms with Crippen molar-refractivity contribution >= 4 is 23.4 Å². The van der Waals surface area contributed by atoms with Gasteiger partial charge in [0.1, 0.15) is 0 Å². The molecule has 28 heavy (non-hydrogen) atoms. The highest BCUT2D eigenvalue weighted by atomic mass is 32.2. The Morgan fingerprint density at radius 3 is 2.89 bits per heavy atom. The molecule has 0 bridgehead atoms. The highest BCUT2D eigenvalue weighted by molar-refractivity contribution is 8.00. The van der Waals surface area contributed by atoms with Crippen molar-refractivity contribution < 1.29 is 19.0 Å². The number of H-pyrrole nitrogens is 1. The van der Waals surface area contributed by atoms with Crippen molar-refractivity contribution in [1.29, 1.82) is 0 Å². The molecule has 2 aromatic rings. The first-order valence-electron chi connectivity index (χ1n) is 8.98. The molecule has 0 radical (unpaired) electrons. The lowest BCUT2D eigenvalue weighted by atomic mass is 10.2. The maximum absolute atomic E-state index is 12.6. The summed E-state index contributed by atoms with van der Waals surface area (Å²) in [6, 6.07) is 5.15. The number of hydrogen-bond acceptors (Lipinski definition) is 7. The number of aromatic nitrogens is 3. The number of rotatable bonds is 8. The zero-order chi connectivity index (χ0) is 20.1. The SMILES string of the molecule is COc1ccc(NC(=O)[C@H](C)Sc2n[nH]c(=O)n2C[C@H]2CCCO2)cc1OC. The Kier molecular flexibility index (Phi) is 6.63. The minimum atomic E-state index is -0.466. The van der Waals surface area contributed by atoms with Crippen molar-refractivity contribution in [1.82, 2.24) is 14.8 Å². The van der Waals surface area contributed by atoms with Crippen molar-refractivity contribution in [2.45, 2.75) is 42.8 Å². The first kappa shape index (κ1) is 20.3. The molecule has 9 nitrogen and oxygen atoms in total. The molecule has 0 spiro atoms. The van der Waals surface area contributed by atoms with E-state index in [1.165, 1.54) is 23.4 Å². The number of anilines is 1. The van der Waals surface area contributed by atoms with Crippen LogP contribution < -0.4 is 20.5 Å². The normalized spacial score (nSPS) is 17.3. The molecule has 10 heteroatoms. The summed E-state index contributed by atoms with van der Waals surface area (Å²) >= 11 is 1.22. The van der Waals surface area contributed by atoms with E-state index in [9.17, 15) is 9.59 Å². The summed E-state index contributed by atoms with van der Waals surface area (Å²) < 4.78 is 17.6. The Hall–Kier alpha value is -2.46. The van der Waals surface area contributed by atoms with Crippen LogP contribution in [0.2, 0.25) is 0 Å². The number of carbonyl (C=O) groups is 1. The molecule has 1 aliphatic heterocycles. The van der Waals surface area contributed by atoms with Crippen LogP contribution in [0.3, 0.4) is 0 Å². The molecule has 1 aliphatic rings. The largest absolute Gasteiger partial charge is 0.493 e. The highest BCUT2D eigenvalue weighted by Gasteiger charge is 2.23. The van der Waals surface area contributed by atoms with Crippen LogP contribution in [0.25, 0.3) is 0 Å². The van der Waals surface area contributed by atoms with Gasteiger partial charge in [-0.2, -0.15) is 0 Å². The van der Waals surface area contributed by atoms with Gasteiger partial charge < -0.3 is 19.5 Å². The summed E-state index contributed by atoms with van der Waals surface area (Å²) in [5.41, 5.74) is 0.291. The number of hydrogen-bond donors (Lipinski definition) is 2. The topological polar surface area (TPSA) is 107 Å². The van der Waals surface area contributed by atoms with Gasteiger partial charge in [-0.05, 0) is 31.9 Å². The van der Waals surface area contributed by atoms with Crippen molar-refractivity contribution in [3.05, 3.63) is 28.7 Å². The van der Waals surface area contributed by atoms with Gasteiger partial charge in [0, 0.05) is 18.4 Å². The van der Waals surface area contributed by atoms with Crippen LogP contribution in [0.4, 0.5) is 5.69 Å². The number of benzene rings is 1. The van der Waals surface area contributed by atoms with E-state index in [1.807, 2.05) is 0 Å². The molecular formula is C18H24N4O5S. The lowest BCUT2D eigenvalue weighted by Crippen LogP contribution is -2.26. The Labute approximate surface area is 166 Å². The molecule has 2 N–H and O–H groups in total. The predicted molar refractivity (Wildman–Crippen MR) is 105 cm³/mol. The number of ether oxygens (including phenoxy) is 3. The van der Waals surface area contributed by atoms with Crippen molar-refractivity contribution in [3.63, 3.8) is 0 Å².